The van der Waals surface area contributed by atoms with Crippen LogP contribution in [0.1, 0.15) is 23.3 Å². The fraction of sp³-hybridized carbons (Fsp3) is 0.333. The van der Waals surface area contributed by atoms with Gasteiger partial charge in [-0.3, -0.25) is 19.0 Å². The number of aryl methyl sites for hydroxylation is 2. The van der Waals surface area contributed by atoms with Crippen LogP contribution in [0.15, 0.2) is 35.4 Å². The number of carbonyl (C=O) groups excluding carboxylic acids is 2. The van der Waals surface area contributed by atoms with Gasteiger partial charge in [-0.25, -0.2) is 4.98 Å². The number of hydrogen-bond acceptors (Lipinski definition) is 6. The molecule has 0 bridgehead atoms. The molecule has 2 N–H and O–H groups in total. The van der Waals surface area contributed by atoms with Crippen molar-refractivity contribution in [2.75, 3.05) is 19.0 Å². The van der Waals surface area contributed by atoms with Crippen molar-refractivity contribution in [1.82, 2.24) is 14.9 Å². The largest absolute Gasteiger partial charge is 0.495 e. The summed E-state index contributed by atoms with van der Waals surface area (Å²) in [6.07, 6.45) is 5.46. The normalized spacial score (nSPS) is 13.0. The highest BCUT2D eigenvalue weighted by Gasteiger charge is 2.20. The summed E-state index contributed by atoms with van der Waals surface area (Å²) in [6, 6.07) is 7.01. The standard InChI is InChI=1S/C21H22N4O4S/c1-29-15-8-4-3-7-14(15)24-17(26)10-22-18(27)11-25-12-23-20-19(21(25)28)13-6-2-5-9-16(13)30-20/h3-4,7-8,12H,2,5-6,9-11H2,1H3,(H,22,27)(H,24,26). The molecule has 4 rings (SSSR count). The lowest BCUT2D eigenvalue weighted by Gasteiger charge is -2.11. The molecule has 8 nitrogen and oxygen atoms in total. The number of ether oxygens (including phenoxy) is 1. The Morgan fingerprint density at radius 1 is 1.20 bits per heavy atom. The predicted molar refractivity (Wildman–Crippen MR) is 115 cm³/mol. The van der Waals surface area contributed by atoms with Gasteiger partial charge in [0.05, 0.1) is 31.1 Å². The van der Waals surface area contributed by atoms with E-state index in [9.17, 15) is 14.4 Å². The van der Waals surface area contributed by atoms with Crippen LogP contribution in [0.25, 0.3) is 10.2 Å². The van der Waals surface area contributed by atoms with Crippen LogP contribution >= 0.6 is 11.3 Å². The van der Waals surface area contributed by atoms with Gasteiger partial charge >= 0.3 is 0 Å². The van der Waals surface area contributed by atoms with E-state index in [0.29, 0.717) is 16.8 Å². The molecule has 0 saturated heterocycles. The van der Waals surface area contributed by atoms with Gasteiger partial charge in [0.15, 0.2) is 0 Å². The minimum Gasteiger partial charge on any atom is -0.495 e. The summed E-state index contributed by atoms with van der Waals surface area (Å²) in [5.74, 6) is -0.291. The molecule has 1 aliphatic rings. The van der Waals surface area contributed by atoms with Gasteiger partial charge < -0.3 is 15.4 Å². The Morgan fingerprint density at radius 3 is 2.83 bits per heavy atom. The zero-order valence-corrected chi connectivity index (χ0v) is 17.4. The number of nitrogens with one attached hydrogen (secondary N) is 2. The zero-order valence-electron chi connectivity index (χ0n) is 16.6. The van der Waals surface area contributed by atoms with Crippen LogP contribution in [0.3, 0.4) is 0 Å². The number of thiophene rings is 1. The van der Waals surface area contributed by atoms with Crippen LogP contribution in [-0.4, -0.2) is 35.0 Å². The van der Waals surface area contributed by atoms with Crippen molar-refractivity contribution in [3.8, 4) is 5.75 Å². The second-order valence-electron chi connectivity index (χ2n) is 7.09. The summed E-state index contributed by atoms with van der Waals surface area (Å²) in [6.45, 7) is -0.399. The minimum absolute atomic E-state index is 0.186. The van der Waals surface area contributed by atoms with Gasteiger partial charge in [-0.05, 0) is 43.4 Å². The number of methoxy groups -OCH3 is 1. The van der Waals surface area contributed by atoms with Crippen LogP contribution in [0.4, 0.5) is 5.69 Å². The Hall–Kier alpha value is -3.20. The third-order valence-corrected chi connectivity index (χ3v) is 6.28. The van der Waals surface area contributed by atoms with Crippen molar-refractivity contribution >= 4 is 39.1 Å². The second-order valence-corrected chi connectivity index (χ2v) is 8.18. The number of hydrogen-bond donors (Lipinski definition) is 2. The van der Waals surface area contributed by atoms with Crippen molar-refractivity contribution in [1.29, 1.82) is 0 Å². The topological polar surface area (TPSA) is 102 Å². The van der Waals surface area contributed by atoms with Crippen molar-refractivity contribution < 1.29 is 14.3 Å². The van der Waals surface area contributed by atoms with E-state index in [-0.39, 0.29) is 24.6 Å². The predicted octanol–water partition coefficient (Wildman–Crippen LogP) is 2.10. The van der Waals surface area contributed by atoms with Crippen molar-refractivity contribution in [3.63, 3.8) is 0 Å². The van der Waals surface area contributed by atoms with E-state index in [4.69, 9.17) is 4.74 Å². The quantitative estimate of drug-likeness (QED) is 0.629. The molecule has 9 heteroatoms. The number of rotatable bonds is 6. The van der Waals surface area contributed by atoms with Gasteiger partial charge in [-0.1, -0.05) is 12.1 Å². The minimum atomic E-state index is -0.433. The average Bonchev–Trinajstić information content (AvgIpc) is 3.14. The van der Waals surface area contributed by atoms with Gasteiger partial charge in [0.2, 0.25) is 11.8 Å². The molecule has 156 valence electrons. The van der Waals surface area contributed by atoms with Gasteiger partial charge in [0.1, 0.15) is 17.1 Å². The first kappa shape index (κ1) is 20.1. The molecule has 1 aliphatic carbocycles. The SMILES string of the molecule is COc1ccccc1NC(=O)CNC(=O)Cn1cnc2sc3c(c2c1=O)CCCC3. The summed E-state index contributed by atoms with van der Waals surface area (Å²) < 4.78 is 6.49. The Bertz CT molecular complexity index is 1170. The average molecular weight is 426 g/mol. The third kappa shape index (κ3) is 4.06. The van der Waals surface area contributed by atoms with Crippen molar-refractivity contribution in [3.05, 3.63) is 51.4 Å². The van der Waals surface area contributed by atoms with Gasteiger partial charge in [0.25, 0.3) is 5.56 Å². The summed E-state index contributed by atoms with van der Waals surface area (Å²) in [5.41, 5.74) is 1.41. The van der Waals surface area contributed by atoms with Gasteiger partial charge in [0, 0.05) is 4.88 Å². The molecule has 3 aromatic rings. The lowest BCUT2D eigenvalue weighted by Crippen LogP contribution is -2.37. The second kappa shape index (κ2) is 8.66. The van der Waals surface area contributed by atoms with Crippen molar-refractivity contribution in [2.24, 2.45) is 0 Å². The maximum absolute atomic E-state index is 12.9. The van der Waals surface area contributed by atoms with Crippen LogP contribution in [0.5, 0.6) is 5.75 Å². The third-order valence-electron chi connectivity index (χ3n) is 5.08. The molecule has 0 unspecified atom stereocenters. The van der Waals surface area contributed by atoms with Crippen LogP contribution in [-0.2, 0) is 29.0 Å². The van der Waals surface area contributed by atoms with Crippen LogP contribution in [0, 0.1) is 0 Å². The molecule has 0 saturated carbocycles. The molecule has 1 aromatic carbocycles. The Kier molecular flexibility index (Phi) is 5.80. The summed E-state index contributed by atoms with van der Waals surface area (Å²) in [5, 5.41) is 5.87. The van der Waals surface area contributed by atoms with E-state index in [0.717, 1.165) is 36.1 Å². The molecular formula is C21H22N4O4S. The zero-order chi connectivity index (χ0) is 21.1. The van der Waals surface area contributed by atoms with E-state index in [1.165, 1.54) is 22.9 Å². The fourth-order valence-electron chi connectivity index (χ4n) is 3.63. The van der Waals surface area contributed by atoms with Crippen molar-refractivity contribution in [2.45, 2.75) is 32.2 Å². The highest BCUT2D eigenvalue weighted by Crippen LogP contribution is 2.33. The molecule has 30 heavy (non-hydrogen) atoms. The Morgan fingerprint density at radius 2 is 2.00 bits per heavy atom. The van der Waals surface area contributed by atoms with E-state index in [1.54, 1.807) is 35.6 Å². The molecule has 0 radical (unpaired) electrons. The number of anilines is 1. The molecule has 2 aromatic heterocycles. The maximum atomic E-state index is 12.9. The number of nitrogens with zero attached hydrogens (tertiary/aromatic N) is 2. The maximum Gasteiger partial charge on any atom is 0.262 e. The molecular weight excluding hydrogens is 404 g/mol. The van der Waals surface area contributed by atoms with Gasteiger partial charge in [-0.15, -0.1) is 11.3 Å². The monoisotopic (exact) mass is 426 g/mol. The first-order valence-corrected chi connectivity index (χ1v) is 10.6. The fourth-order valence-corrected chi connectivity index (χ4v) is 4.85. The first-order chi connectivity index (χ1) is 14.6. The number of carbonyl (C=O) groups is 2. The summed E-state index contributed by atoms with van der Waals surface area (Å²) in [4.78, 5) is 43.7. The first-order valence-electron chi connectivity index (χ1n) is 9.76. The molecule has 2 heterocycles. The molecule has 0 spiro atoms. The Labute approximate surface area is 176 Å². The van der Waals surface area contributed by atoms with E-state index in [1.807, 2.05) is 0 Å². The van der Waals surface area contributed by atoms with Crippen LogP contribution < -0.4 is 20.9 Å². The Balaban J connectivity index is 1.40. The number of fused-ring (bicyclic) bond motifs is 3. The number of aromatic nitrogens is 2. The molecule has 0 fully saturated rings. The lowest BCUT2D eigenvalue weighted by atomic mass is 9.97. The lowest BCUT2D eigenvalue weighted by molar-refractivity contribution is -0.124. The summed E-state index contributed by atoms with van der Waals surface area (Å²) in [7, 11) is 1.51. The molecule has 0 atom stereocenters. The van der Waals surface area contributed by atoms with E-state index >= 15 is 0 Å². The highest BCUT2D eigenvalue weighted by molar-refractivity contribution is 7.18. The summed E-state index contributed by atoms with van der Waals surface area (Å²) >= 11 is 1.57. The molecule has 2 amide bonds. The van der Waals surface area contributed by atoms with E-state index in [2.05, 4.69) is 15.6 Å². The smallest absolute Gasteiger partial charge is 0.262 e. The number of benzene rings is 1. The van der Waals surface area contributed by atoms with Crippen LogP contribution in [0.2, 0.25) is 0 Å². The van der Waals surface area contributed by atoms with Gasteiger partial charge in [-0.2, -0.15) is 0 Å². The highest BCUT2D eigenvalue weighted by atomic mass is 32.1. The van der Waals surface area contributed by atoms with E-state index < -0.39 is 5.91 Å². The number of amides is 2. The molecule has 0 aliphatic heterocycles. The number of para-hydroxylation sites is 2.